The Balaban J connectivity index is 1.45. The number of aryl methyl sites for hydroxylation is 1. The summed E-state index contributed by atoms with van der Waals surface area (Å²) in [6.45, 7) is 2.64. The lowest BCUT2D eigenvalue weighted by molar-refractivity contribution is -0.124. The number of carbonyl (C=O) groups is 2. The summed E-state index contributed by atoms with van der Waals surface area (Å²) in [5.41, 5.74) is 1.36. The molecule has 1 fully saturated rings. The maximum Gasteiger partial charge on any atom is 0.375 e. The second kappa shape index (κ2) is 7.40. The molecule has 6 heteroatoms. The van der Waals surface area contributed by atoms with Gasteiger partial charge in [0.2, 0.25) is 5.76 Å². The van der Waals surface area contributed by atoms with Crippen molar-refractivity contribution >= 4 is 33.6 Å². The summed E-state index contributed by atoms with van der Waals surface area (Å²) in [6.07, 6.45) is 2.00. The Morgan fingerprint density at radius 3 is 2.85 bits per heavy atom. The van der Waals surface area contributed by atoms with Gasteiger partial charge in [-0.2, -0.15) is 0 Å². The van der Waals surface area contributed by atoms with Crippen molar-refractivity contribution in [1.82, 2.24) is 5.32 Å². The minimum absolute atomic E-state index is 0.0514. The van der Waals surface area contributed by atoms with Gasteiger partial charge in [0.05, 0.1) is 6.10 Å². The predicted octanol–water partition coefficient (Wildman–Crippen LogP) is 3.35. The molecule has 3 aromatic rings. The van der Waals surface area contributed by atoms with Crippen LogP contribution in [0.1, 0.15) is 29.0 Å². The predicted molar refractivity (Wildman–Crippen MR) is 101 cm³/mol. The van der Waals surface area contributed by atoms with Crippen molar-refractivity contribution in [3.05, 3.63) is 47.7 Å². The quantitative estimate of drug-likeness (QED) is 0.700. The fourth-order valence-corrected chi connectivity index (χ4v) is 3.42. The standard InChI is InChI=1S/C21H21NO5/c1-13-16-9-8-14-5-2-3-7-17(14)20(16)27-19(13)21(24)26-12-18(23)22-11-15-6-4-10-25-15/h2-3,5,7-9,15H,4,6,10-12H2,1H3,(H,22,23)/t15-/m0/s1. The number of hydrogen-bond acceptors (Lipinski definition) is 5. The van der Waals surface area contributed by atoms with Crippen LogP contribution in [0.5, 0.6) is 0 Å². The van der Waals surface area contributed by atoms with Gasteiger partial charge in [0.15, 0.2) is 6.61 Å². The Bertz CT molecular complexity index is 1000. The minimum atomic E-state index is -0.639. The topological polar surface area (TPSA) is 77.8 Å². The molecule has 1 aromatic heterocycles. The molecule has 6 nitrogen and oxygen atoms in total. The maximum absolute atomic E-state index is 12.4. The van der Waals surface area contributed by atoms with Gasteiger partial charge in [-0.1, -0.05) is 36.4 Å². The Morgan fingerprint density at radius 2 is 2.04 bits per heavy atom. The largest absolute Gasteiger partial charge is 0.450 e. The lowest BCUT2D eigenvalue weighted by atomic mass is 10.1. The molecule has 0 bridgehead atoms. The van der Waals surface area contributed by atoms with E-state index in [1.54, 1.807) is 0 Å². The molecule has 0 spiro atoms. The van der Waals surface area contributed by atoms with Crippen molar-refractivity contribution in [2.45, 2.75) is 25.9 Å². The first-order chi connectivity index (χ1) is 13.1. The highest BCUT2D eigenvalue weighted by Crippen LogP contribution is 2.32. The van der Waals surface area contributed by atoms with Gasteiger partial charge in [-0.05, 0) is 25.2 Å². The molecule has 0 aliphatic carbocycles. The van der Waals surface area contributed by atoms with Gasteiger partial charge in [-0.25, -0.2) is 4.79 Å². The zero-order valence-corrected chi connectivity index (χ0v) is 15.1. The van der Waals surface area contributed by atoms with E-state index < -0.39 is 5.97 Å². The SMILES string of the molecule is Cc1c(C(=O)OCC(=O)NC[C@@H]2CCCO2)oc2c1ccc1ccccc12. The monoisotopic (exact) mass is 367 g/mol. The van der Waals surface area contributed by atoms with Crippen LogP contribution in [0.25, 0.3) is 21.7 Å². The van der Waals surface area contributed by atoms with Crippen LogP contribution in [0.2, 0.25) is 0 Å². The third-order valence-corrected chi connectivity index (χ3v) is 4.90. The molecule has 0 radical (unpaired) electrons. The number of furan rings is 1. The van der Waals surface area contributed by atoms with Crippen molar-refractivity contribution in [3.63, 3.8) is 0 Å². The molecule has 2 heterocycles. The molecule has 1 aliphatic heterocycles. The fourth-order valence-electron chi connectivity index (χ4n) is 3.42. The third-order valence-electron chi connectivity index (χ3n) is 4.90. The number of benzene rings is 2. The number of carbonyl (C=O) groups excluding carboxylic acids is 2. The summed E-state index contributed by atoms with van der Waals surface area (Å²) >= 11 is 0. The summed E-state index contributed by atoms with van der Waals surface area (Å²) in [7, 11) is 0. The number of esters is 1. The second-order valence-electron chi connectivity index (χ2n) is 6.73. The Hall–Kier alpha value is -2.86. The van der Waals surface area contributed by atoms with Crippen molar-refractivity contribution in [3.8, 4) is 0 Å². The van der Waals surface area contributed by atoms with Gasteiger partial charge >= 0.3 is 5.97 Å². The Labute approximate surface area is 156 Å². The van der Waals surface area contributed by atoms with E-state index in [4.69, 9.17) is 13.9 Å². The first kappa shape index (κ1) is 17.5. The minimum Gasteiger partial charge on any atom is -0.450 e. The third kappa shape index (κ3) is 3.53. The van der Waals surface area contributed by atoms with Crippen LogP contribution in [0.15, 0.2) is 40.8 Å². The molecule has 0 unspecified atom stereocenters. The molecular formula is C21H21NO5. The van der Waals surface area contributed by atoms with E-state index in [9.17, 15) is 9.59 Å². The summed E-state index contributed by atoms with van der Waals surface area (Å²) in [4.78, 5) is 24.3. The van der Waals surface area contributed by atoms with E-state index in [2.05, 4.69) is 5.32 Å². The fraction of sp³-hybridized carbons (Fsp3) is 0.333. The molecular weight excluding hydrogens is 346 g/mol. The van der Waals surface area contributed by atoms with E-state index >= 15 is 0 Å². The van der Waals surface area contributed by atoms with Crippen LogP contribution in [0, 0.1) is 6.92 Å². The number of rotatable bonds is 5. The molecule has 4 rings (SSSR count). The van der Waals surface area contributed by atoms with Crippen molar-refractivity contribution in [2.75, 3.05) is 19.8 Å². The lowest BCUT2D eigenvalue weighted by Gasteiger charge is -2.10. The molecule has 1 N–H and O–H groups in total. The Morgan fingerprint density at radius 1 is 1.19 bits per heavy atom. The van der Waals surface area contributed by atoms with Gasteiger partial charge < -0.3 is 19.2 Å². The number of fused-ring (bicyclic) bond motifs is 3. The molecule has 1 amide bonds. The summed E-state index contributed by atoms with van der Waals surface area (Å²) < 4.78 is 16.4. The van der Waals surface area contributed by atoms with E-state index in [-0.39, 0.29) is 24.4 Å². The van der Waals surface area contributed by atoms with Crippen LogP contribution in [0.4, 0.5) is 0 Å². The van der Waals surface area contributed by atoms with Crippen molar-refractivity contribution < 1.29 is 23.5 Å². The number of nitrogens with one attached hydrogen (secondary N) is 1. The number of ether oxygens (including phenoxy) is 2. The van der Waals surface area contributed by atoms with Crippen LogP contribution in [-0.2, 0) is 14.3 Å². The normalized spacial score (nSPS) is 16.7. The molecule has 0 saturated carbocycles. The van der Waals surface area contributed by atoms with Crippen molar-refractivity contribution in [2.24, 2.45) is 0 Å². The van der Waals surface area contributed by atoms with Crippen LogP contribution in [0.3, 0.4) is 0 Å². The average Bonchev–Trinajstić information content (AvgIpc) is 3.32. The van der Waals surface area contributed by atoms with Gasteiger partial charge in [0.25, 0.3) is 5.91 Å². The van der Waals surface area contributed by atoms with E-state index in [0.29, 0.717) is 17.7 Å². The number of amides is 1. The van der Waals surface area contributed by atoms with Gasteiger partial charge in [0.1, 0.15) is 5.58 Å². The summed E-state index contributed by atoms with van der Waals surface area (Å²) in [5, 5.41) is 5.56. The maximum atomic E-state index is 12.4. The molecule has 27 heavy (non-hydrogen) atoms. The highest BCUT2D eigenvalue weighted by atomic mass is 16.5. The second-order valence-corrected chi connectivity index (χ2v) is 6.73. The number of hydrogen-bond donors (Lipinski definition) is 1. The van der Waals surface area contributed by atoms with E-state index in [1.165, 1.54) is 0 Å². The summed E-state index contributed by atoms with van der Waals surface area (Å²) in [6, 6.07) is 11.7. The first-order valence-corrected chi connectivity index (χ1v) is 9.10. The first-order valence-electron chi connectivity index (χ1n) is 9.10. The highest BCUT2D eigenvalue weighted by Gasteiger charge is 2.22. The molecule has 1 atom stereocenters. The van der Waals surface area contributed by atoms with Gasteiger partial charge in [-0.15, -0.1) is 0 Å². The Kier molecular flexibility index (Phi) is 4.81. The molecule has 2 aromatic carbocycles. The highest BCUT2D eigenvalue weighted by molar-refractivity contribution is 6.08. The van der Waals surface area contributed by atoms with Crippen LogP contribution >= 0.6 is 0 Å². The zero-order valence-electron chi connectivity index (χ0n) is 15.1. The molecule has 1 saturated heterocycles. The summed E-state index contributed by atoms with van der Waals surface area (Å²) in [5.74, 6) is -0.855. The molecule has 140 valence electrons. The van der Waals surface area contributed by atoms with E-state index in [0.717, 1.165) is 35.6 Å². The average molecular weight is 367 g/mol. The van der Waals surface area contributed by atoms with Crippen LogP contribution < -0.4 is 5.32 Å². The molecule has 1 aliphatic rings. The smallest absolute Gasteiger partial charge is 0.375 e. The zero-order chi connectivity index (χ0) is 18.8. The van der Waals surface area contributed by atoms with Crippen LogP contribution in [-0.4, -0.2) is 37.7 Å². The van der Waals surface area contributed by atoms with Crippen molar-refractivity contribution in [1.29, 1.82) is 0 Å². The lowest BCUT2D eigenvalue weighted by Crippen LogP contribution is -2.34. The van der Waals surface area contributed by atoms with Gasteiger partial charge in [-0.3, -0.25) is 4.79 Å². The van der Waals surface area contributed by atoms with E-state index in [1.807, 2.05) is 43.3 Å². The van der Waals surface area contributed by atoms with Gasteiger partial charge in [0, 0.05) is 29.5 Å².